The number of carbonyl (C=O) groups is 1. The summed E-state index contributed by atoms with van der Waals surface area (Å²) in [5.74, 6) is 0.0665. The van der Waals surface area contributed by atoms with Crippen molar-refractivity contribution in [3.8, 4) is 0 Å². The van der Waals surface area contributed by atoms with Gasteiger partial charge in [0.05, 0.1) is 4.92 Å². The third kappa shape index (κ3) is 5.51. The molecule has 0 bridgehead atoms. The summed E-state index contributed by atoms with van der Waals surface area (Å²) in [6.45, 7) is 2.63. The first-order chi connectivity index (χ1) is 9.95. The van der Waals surface area contributed by atoms with Crippen LogP contribution in [0.3, 0.4) is 0 Å². The highest BCUT2D eigenvalue weighted by Gasteiger charge is 2.14. The Morgan fingerprint density at radius 2 is 2.14 bits per heavy atom. The highest BCUT2D eigenvalue weighted by Crippen LogP contribution is 2.22. The maximum absolute atomic E-state index is 11.6. The van der Waals surface area contributed by atoms with Crippen LogP contribution in [0.2, 0.25) is 0 Å². The Morgan fingerprint density at radius 3 is 2.71 bits per heavy atom. The lowest BCUT2D eigenvalue weighted by Crippen LogP contribution is -2.29. The number of nitro benzene ring substituents is 1. The quantitative estimate of drug-likeness (QED) is 0.590. The van der Waals surface area contributed by atoms with Gasteiger partial charge in [0.25, 0.3) is 5.69 Å². The molecule has 1 aromatic rings. The lowest BCUT2D eigenvalue weighted by Gasteiger charge is -2.19. The van der Waals surface area contributed by atoms with Crippen molar-refractivity contribution in [2.75, 3.05) is 20.6 Å². The molecule has 1 rings (SSSR count). The Balaban J connectivity index is 2.70. The van der Waals surface area contributed by atoms with Crippen molar-refractivity contribution in [3.05, 3.63) is 39.9 Å². The molecule has 6 heteroatoms. The van der Waals surface area contributed by atoms with Crippen LogP contribution in [-0.4, -0.2) is 36.4 Å². The standard InChI is InChI=1S/C15H23N3O3/c1-4-6-14(16-10-9-15(19)17(2)3)12-7-5-8-13(11-12)18(20)21/h5,7-8,11,14,16H,4,6,9-10H2,1-3H3. The summed E-state index contributed by atoms with van der Waals surface area (Å²) in [6, 6.07) is 6.70. The Bertz CT molecular complexity index is 489. The third-order valence-electron chi connectivity index (χ3n) is 3.29. The van der Waals surface area contributed by atoms with Gasteiger partial charge in [-0.1, -0.05) is 25.5 Å². The summed E-state index contributed by atoms with van der Waals surface area (Å²) < 4.78 is 0. The van der Waals surface area contributed by atoms with Gasteiger partial charge in [-0.2, -0.15) is 0 Å². The van der Waals surface area contributed by atoms with Crippen LogP contribution in [0.5, 0.6) is 0 Å². The number of hydrogen-bond donors (Lipinski definition) is 1. The summed E-state index contributed by atoms with van der Waals surface area (Å²) in [6.07, 6.45) is 2.25. The van der Waals surface area contributed by atoms with Gasteiger partial charge in [-0.3, -0.25) is 14.9 Å². The van der Waals surface area contributed by atoms with Gasteiger partial charge >= 0.3 is 0 Å². The first kappa shape index (κ1) is 17.1. The molecule has 1 N–H and O–H groups in total. The predicted octanol–water partition coefficient (Wildman–Crippen LogP) is 2.50. The molecule has 6 nitrogen and oxygen atoms in total. The summed E-state index contributed by atoms with van der Waals surface area (Å²) in [5, 5.41) is 14.2. The smallest absolute Gasteiger partial charge is 0.269 e. The lowest BCUT2D eigenvalue weighted by molar-refractivity contribution is -0.384. The second kappa shape index (κ2) is 8.36. The number of nitro groups is 1. The van der Waals surface area contributed by atoms with E-state index in [-0.39, 0.29) is 22.6 Å². The summed E-state index contributed by atoms with van der Waals surface area (Å²) in [4.78, 5) is 23.6. The number of hydrogen-bond acceptors (Lipinski definition) is 4. The second-order valence-corrected chi connectivity index (χ2v) is 5.19. The van der Waals surface area contributed by atoms with Crippen LogP contribution in [0.15, 0.2) is 24.3 Å². The Morgan fingerprint density at radius 1 is 1.43 bits per heavy atom. The first-order valence-corrected chi connectivity index (χ1v) is 7.13. The monoisotopic (exact) mass is 293 g/mol. The molecule has 1 unspecified atom stereocenters. The maximum atomic E-state index is 11.6. The van der Waals surface area contributed by atoms with E-state index in [2.05, 4.69) is 12.2 Å². The topological polar surface area (TPSA) is 75.5 Å². The van der Waals surface area contributed by atoms with Gasteiger partial charge in [0, 0.05) is 45.2 Å². The van der Waals surface area contributed by atoms with Crippen LogP contribution in [-0.2, 0) is 4.79 Å². The zero-order valence-corrected chi connectivity index (χ0v) is 12.8. The van der Waals surface area contributed by atoms with Crippen LogP contribution in [0, 0.1) is 10.1 Å². The van der Waals surface area contributed by atoms with Crippen LogP contribution in [0.1, 0.15) is 37.8 Å². The number of non-ortho nitro benzene ring substituents is 1. The zero-order chi connectivity index (χ0) is 15.8. The molecule has 21 heavy (non-hydrogen) atoms. The number of benzene rings is 1. The van der Waals surface area contributed by atoms with E-state index in [1.807, 2.05) is 6.07 Å². The molecule has 0 fully saturated rings. The fraction of sp³-hybridized carbons (Fsp3) is 0.533. The number of amides is 1. The minimum Gasteiger partial charge on any atom is -0.349 e. The predicted molar refractivity (Wildman–Crippen MR) is 82.1 cm³/mol. The molecule has 0 aliphatic heterocycles. The van der Waals surface area contributed by atoms with Crippen molar-refractivity contribution in [1.82, 2.24) is 10.2 Å². The molecule has 1 atom stereocenters. The first-order valence-electron chi connectivity index (χ1n) is 7.13. The van der Waals surface area contributed by atoms with Crippen LogP contribution in [0.4, 0.5) is 5.69 Å². The number of carbonyl (C=O) groups excluding carboxylic acids is 1. The van der Waals surface area contributed by atoms with Gasteiger partial charge in [0.1, 0.15) is 0 Å². The van der Waals surface area contributed by atoms with E-state index < -0.39 is 0 Å². The fourth-order valence-corrected chi connectivity index (χ4v) is 2.11. The van der Waals surface area contributed by atoms with E-state index in [9.17, 15) is 14.9 Å². The van der Waals surface area contributed by atoms with E-state index in [1.165, 1.54) is 6.07 Å². The van der Waals surface area contributed by atoms with Gasteiger partial charge in [-0.25, -0.2) is 0 Å². The molecule has 0 saturated carbocycles. The minimum atomic E-state index is -0.387. The summed E-state index contributed by atoms with van der Waals surface area (Å²) in [7, 11) is 3.46. The highest BCUT2D eigenvalue weighted by molar-refractivity contribution is 5.75. The van der Waals surface area contributed by atoms with Crippen molar-refractivity contribution in [2.24, 2.45) is 0 Å². The molecular formula is C15H23N3O3. The molecule has 0 spiro atoms. The minimum absolute atomic E-state index is 0.0323. The van der Waals surface area contributed by atoms with Crippen molar-refractivity contribution in [1.29, 1.82) is 0 Å². The molecule has 116 valence electrons. The van der Waals surface area contributed by atoms with Gasteiger partial charge in [0.2, 0.25) is 5.91 Å². The average molecular weight is 293 g/mol. The molecule has 1 amide bonds. The SMILES string of the molecule is CCCC(NCCC(=O)N(C)C)c1cccc([N+](=O)[O-])c1. The molecule has 0 aliphatic rings. The van der Waals surface area contributed by atoms with E-state index in [0.29, 0.717) is 13.0 Å². The Hall–Kier alpha value is -1.95. The molecule has 0 saturated heterocycles. The van der Waals surface area contributed by atoms with Crippen molar-refractivity contribution in [2.45, 2.75) is 32.2 Å². The van der Waals surface area contributed by atoms with E-state index in [0.717, 1.165) is 18.4 Å². The lowest BCUT2D eigenvalue weighted by atomic mass is 10.0. The second-order valence-electron chi connectivity index (χ2n) is 5.19. The van der Waals surface area contributed by atoms with E-state index in [1.54, 1.807) is 31.1 Å². The van der Waals surface area contributed by atoms with Gasteiger partial charge in [-0.05, 0) is 12.0 Å². The zero-order valence-electron chi connectivity index (χ0n) is 12.8. The van der Waals surface area contributed by atoms with Crippen molar-refractivity contribution in [3.63, 3.8) is 0 Å². The number of nitrogens with zero attached hydrogens (tertiary/aromatic N) is 2. The molecule has 0 aliphatic carbocycles. The largest absolute Gasteiger partial charge is 0.349 e. The Labute approximate surface area is 125 Å². The maximum Gasteiger partial charge on any atom is 0.269 e. The Kier molecular flexibility index (Phi) is 6.81. The van der Waals surface area contributed by atoms with Crippen molar-refractivity contribution >= 4 is 11.6 Å². The average Bonchev–Trinajstić information content (AvgIpc) is 2.46. The van der Waals surface area contributed by atoms with E-state index in [4.69, 9.17) is 0 Å². The van der Waals surface area contributed by atoms with Crippen LogP contribution < -0.4 is 5.32 Å². The molecule has 0 aromatic heterocycles. The normalized spacial score (nSPS) is 12.0. The van der Waals surface area contributed by atoms with E-state index >= 15 is 0 Å². The number of nitrogens with one attached hydrogen (secondary N) is 1. The molecule has 0 radical (unpaired) electrons. The highest BCUT2D eigenvalue weighted by atomic mass is 16.6. The molecule has 0 heterocycles. The third-order valence-corrected chi connectivity index (χ3v) is 3.29. The van der Waals surface area contributed by atoms with Gasteiger partial charge in [0.15, 0.2) is 0 Å². The fourth-order valence-electron chi connectivity index (χ4n) is 2.11. The van der Waals surface area contributed by atoms with Crippen LogP contribution >= 0.6 is 0 Å². The molecular weight excluding hydrogens is 270 g/mol. The van der Waals surface area contributed by atoms with Crippen LogP contribution in [0.25, 0.3) is 0 Å². The molecule has 1 aromatic carbocycles. The van der Waals surface area contributed by atoms with Crippen molar-refractivity contribution < 1.29 is 9.72 Å². The number of rotatable bonds is 8. The van der Waals surface area contributed by atoms with Gasteiger partial charge < -0.3 is 10.2 Å². The summed E-state index contributed by atoms with van der Waals surface area (Å²) in [5.41, 5.74) is 0.989. The van der Waals surface area contributed by atoms with Gasteiger partial charge in [-0.15, -0.1) is 0 Å². The summed E-state index contributed by atoms with van der Waals surface area (Å²) >= 11 is 0.